The van der Waals surface area contributed by atoms with Gasteiger partial charge < -0.3 is 33.6 Å². The minimum absolute atomic E-state index is 0.147. The van der Waals surface area contributed by atoms with Crippen LogP contribution in [0.2, 0.25) is 0 Å². The fourth-order valence-electron chi connectivity index (χ4n) is 6.72. The van der Waals surface area contributed by atoms with E-state index in [1.165, 1.54) is 0 Å². The highest BCUT2D eigenvalue weighted by molar-refractivity contribution is 5.79. The summed E-state index contributed by atoms with van der Waals surface area (Å²) in [6, 6.07) is 41.5. The van der Waals surface area contributed by atoms with Crippen molar-refractivity contribution in [3.05, 3.63) is 133 Å². The van der Waals surface area contributed by atoms with Gasteiger partial charge in [0.05, 0.1) is 13.2 Å². The summed E-state index contributed by atoms with van der Waals surface area (Å²) in [5.41, 5.74) is 11.1. The van der Waals surface area contributed by atoms with E-state index in [9.17, 15) is 10.2 Å². The van der Waals surface area contributed by atoms with Gasteiger partial charge in [0.25, 0.3) is 0 Å². The number of rotatable bonds is 18. The van der Waals surface area contributed by atoms with E-state index in [1.54, 1.807) is 0 Å². The van der Waals surface area contributed by atoms with Crippen LogP contribution in [0.1, 0.15) is 24.2 Å². The monoisotopic (exact) mass is 684 g/mol. The van der Waals surface area contributed by atoms with E-state index in [0.29, 0.717) is 39.3 Å². The molecule has 0 aliphatic carbocycles. The second-order valence-electron chi connectivity index (χ2n) is 12.5. The molecule has 0 amide bonds. The molecule has 0 bridgehead atoms. The molecule has 4 aromatic carbocycles. The van der Waals surface area contributed by atoms with Crippen LogP contribution in [0.4, 0.5) is 0 Å². The van der Waals surface area contributed by atoms with Crippen molar-refractivity contribution in [2.75, 3.05) is 39.6 Å². The average molecular weight is 685 g/mol. The SMILES string of the molecule is Cc1c(-c2ccccc2OCCOCCOc2ccccc2-c2cc(-c3ccccc3)n(CCCO)c2C)cc(-c2ccccc2)n1CCCO. The number of benzene rings is 4. The van der Waals surface area contributed by atoms with E-state index in [0.717, 1.165) is 80.7 Å². The summed E-state index contributed by atoms with van der Waals surface area (Å²) >= 11 is 0. The van der Waals surface area contributed by atoms with Crippen molar-refractivity contribution < 1.29 is 24.4 Å². The predicted molar refractivity (Wildman–Crippen MR) is 205 cm³/mol. The van der Waals surface area contributed by atoms with Crippen molar-refractivity contribution in [1.82, 2.24) is 9.13 Å². The molecule has 2 N–H and O–H groups in total. The third kappa shape index (κ3) is 8.46. The predicted octanol–water partition coefficient (Wildman–Crippen LogP) is 8.81. The number of aliphatic hydroxyl groups excluding tert-OH is 2. The molecule has 6 aromatic rings. The maximum atomic E-state index is 9.56. The molecule has 51 heavy (non-hydrogen) atoms. The highest BCUT2D eigenvalue weighted by atomic mass is 16.5. The minimum Gasteiger partial charge on any atom is -0.491 e. The Kier molecular flexibility index (Phi) is 12.4. The lowest BCUT2D eigenvalue weighted by molar-refractivity contribution is 0.0767. The van der Waals surface area contributed by atoms with Gasteiger partial charge in [-0.05, 0) is 62.1 Å². The van der Waals surface area contributed by atoms with Crippen molar-refractivity contribution in [1.29, 1.82) is 0 Å². The molecular formula is C44H48N2O5. The first-order valence-electron chi connectivity index (χ1n) is 17.9. The minimum atomic E-state index is 0.147. The summed E-state index contributed by atoms with van der Waals surface area (Å²) in [7, 11) is 0. The van der Waals surface area contributed by atoms with Gasteiger partial charge in [0.1, 0.15) is 24.7 Å². The fourth-order valence-corrected chi connectivity index (χ4v) is 6.72. The van der Waals surface area contributed by atoms with Gasteiger partial charge in [0.15, 0.2) is 0 Å². The molecule has 7 nitrogen and oxygen atoms in total. The molecule has 264 valence electrons. The molecule has 0 atom stereocenters. The molecule has 6 rings (SSSR count). The number of para-hydroxylation sites is 2. The van der Waals surface area contributed by atoms with Crippen molar-refractivity contribution >= 4 is 0 Å². The summed E-state index contributed by atoms with van der Waals surface area (Å²) in [5, 5.41) is 19.1. The van der Waals surface area contributed by atoms with Crippen LogP contribution in [-0.4, -0.2) is 59.0 Å². The normalized spacial score (nSPS) is 11.2. The zero-order valence-corrected chi connectivity index (χ0v) is 29.6. The van der Waals surface area contributed by atoms with Crippen molar-refractivity contribution in [3.8, 4) is 56.3 Å². The number of ether oxygens (including phenoxy) is 3. The van der Waals surface area contributed by atoms with E-state index < -0.39 is 0 Å². The third-order valence-corrected chi connectivity index (χ3v) is 9.28. The summed E-state index contributed by atoms with van der Waals surface area (Å²) in [6.45, 7) is 7.71. The summed E-state index contributed by atoms with van der Waals surface area (Å²) in [6.07, 6.45) is 1.38. The highest BCUT2D eigenvalue weighted by Crippen LogP contribution is 2.39. The van der Waals surface area contributed by atoms with Crippen molar-refractivity contribution in [2.24, 2.45) is 0 Å². The molecule has 0 unspecified atom stereocenters. The Bertz CT molecular complexity index is 1840. The molecule has 7 heteroatoms. The largest absolute Gasteiger partial charge is 0.491 e. The molecule has 0 radical (unpaired) electrons. The zero-order valence-electron chi connectivity index (χ0n) is 29.6. The van der Waals surface area contributed by atoms with Gasteiger partial charge in [-0.25, -0.2) is 0 Å². The molecule has 0 saturated carbocycles. The number of aromatic nitrogens is 2. The quantitative estimate of drug-likeness (QED) is 0.0886. The smallest absolute Gasteiger partial charge is 0.127 e. The van der Waals surface area contributed by atoms with Crippen LogP contribution < -0.4 is 9.47 Å². The molecule has 0 saturated heterocycles. The number of aliphatic hydroxyl groups is 2. The van der Waals surface area contributed by atoms with Crippen LogP contribution in [-0.2, 0) is 17.8 Å². The summed E-state index contributed by atoms with van der Waals surface area (Å²) < 4.78 is 23.1. The molecule has 2 heterocycles. The van der Waals surface area contributed by atoms with Crippen LogP contribution in [0.5, 0.6) is 11.5 Å². The summed E-state index contributed by atoms with van der Waals surface area (Å²) in [4.78, 5) is 0. The van der Waals surface area contributed by atoms with Crippen LogP contribution in [0.15, 0.2) is 121 Å². The van der Waals surface area contributed by atoms with Crippen molar-refractivity contribution in [2.45, 2.75) is 39.8 Å². The Morgan fingerprint density at radius 1 is 0.471 bits per heavy atom. The van der Waals surface area contributed by atoms with Gasteiger partial charge in [-0.3, -0.25) is 0 Å². The fraction of sp³-hybridized carbons (Fsp3) is 0.273. The second kappa shape index (κ2) is 17.7. The molecule has 0 aliphatic rings. The Morgan fingerprint density at radius 3 is 1.27 bits per heavy atom. The van der Waals surface area contributed by atoms with Crippen molar-refractivity contribution in [3.63, 3.8) is 0 Å². The van der Waals surface area contributed by atoms with E-state index >= 15 is 0 Å². The Balaban J connectivity index is 1.08. The molecular weight excluding hydrogens is 636 g/mol. The maximum absolute atomic E-state index is 9.56. The van der Waals surface area contributed by atoms with Crippen LogP contribution in [0.25, 0.3) is 44.8 Å². The van der Waals surface area contributed by atoms with Crippen LogP contribution in [0, 0.1) is 13.8 Å². The van der Waals surface area contributed by atoms with Gasteiger partial charge in [-0.1, -0.05) is 97.1 Å². The number of hydrogen-bond acceptors (Lipinski definition) is 5. The highest BCUT2D eigenvalue weighted by Gasteiger charge is 2.19. The standard InChI is InChI=1S/C44H48N2O5/c1-33-39(31-41(45(33)23-13-25-47)35-15-5-3-6-16-35)37-19-9-11-21-43(37)50-29-27-49-28-30-51-44-22-12-10-20-38(44)40-32-42(36-17-7-4-8-18-36)46(34(40)2)24-14-26-48/h3-12,15-22,31-32,47-48H,13-14,23-30H2,1-2H3. The molecule has 0 fully saturated rings. The maximum Gasteiger partial charge on any atom is 0.127 e. The lowest BCUT2D eigenvalue weighted by atomic mass is 10.0. The zero-order chi connectivity index (χ0) is 35.4. The van der Waals surface area contributed by atoms with Crippen LogP contribution >= 0.6 is 0 Å². The van der Waals surface area contributed by atoms with E-state index in [-0.39, 0.29) is 13.2 Å². The first kappa shape index (κ1) is 35.7. The van der Waals surface area contributed by atoms with Gasteiger partial charge in [0.2, 0.25) is 0 Å². The van der Waals surface area contributed by atoms with E-state index in [2.05, 4.69) is 95.8 Å². The number of nitrogens with zero attached hydrogens (tertiary/aromatic N) is 2. The van der Waals surface area contributed by atoms with E-state index in [4.69, 9.17) is 14.2 Å². The molecule has 0 aliphatic heterocycles. The summed E-state index contributed by atoms with van der Waals surface area (Å²) in [5.74, 6) is 1.62. The van der Waals surface area contributed by atoms with Gasteiger partial charge in [-0.15, -0.1) is 0 Å². The van der Waals surface area contributed by atoms with Gasteiger partial charge in [-0.2, -0.15) is 0 Å². The van der Waals surface area contributed by atoms with Gasteiger partial charge in [0, 0.05) is 71.3 Å². The Labute approximate surface area is 301 Å². The topological polar surface area (TPSA) is 78.0 Å². The third-order valence-electron chi connectivity index (χ3n) is 9.28. The first-order chi connectivity index (χ1) is 25.1. The van der Waals surface area contributed by atoms with Gasteiger partial charge >= 0.3 is 0 Å². The lowest BCUT2D eigenvalue weighted by Gasteiger charge is -2.14. The molecule has 0 spiro atoms. The Hall–Kier alpha value is -5.08. The van der Waals surface area contributed by atoms with Crippen LogP contribution in [0.3, 0.4) is 0 Å². The molecule has 2 aromatic heterocycles. The average Bonchev–Trinajstić information content (AvgIpc) is 3.68. The number of hydrogen-bond donors (Lipinski definition) is 2. The second-order valence-corrected chi connectivity index (χ2v) is 12.5. The Morgan fingerprint density at radius 2 is 0.863 bits per heavy atom. The van der Waals surface area contributed by atoms with E-state index in [1.807, 2.05) is 48.5 Å². The lowest BCUT2D eigenvalue weighted by Crippen LogP contribution is -2.12. The first-order valence-corrected chi connectivity index (χ1v) is 17.9.